The van der Waals surface area contributed by atoms with Crippen molar-refractivity contribution in [3.05, 3.63) is 22.9 Å². The summed E-state index contributed by atoms with van der Waals surface area (Å²) in [5.74, 6) is 0. The van der Waals surface area contributed by atoms with E-state index in [9.17, 15) is 0 Å². The third-order valence-corrected chi connectivity index (χ3v) is 2.45. The highest BCUT2D eigenvalue weighted by atomic mass is 35.5. The lowest BCUT2D eigenvalue weighted by atomic mass is 10.1. The van der Waals surface area contributed by atoms with Crippen LogP contribution in [0.4, 0.5) is 0 Å². The Bertz CT molecular complexity index is 171. The van der Waals surface area contributed by atoms with Gasteiger partial charge in [-0.2, -0.15) is 0 Å². The Kier molecular flexibility index (Phi) is 2.05. The van der Waals surface area contributed by atoms with Gasteiger partial charge < -0.3 is 4.90 Å². The van der Waals surface area contributed by atoms with E-state index in [2.05, 4.69) is 24.8 Å². The van der Waals surface area contributed by atoms with Crippen molar-refractivity contribution in [2.24, 2.45) is 0 Å². The summed E-state index contributed by atoms with van der Waals surface area (Å²) in [6.45, 7) is 4.25. The Labute approximate surface area is 67.0 Å². The summed E-state index contributed by atoms with van der Waals surface area (Å²) in [6.07, 6.45) is 3.99. The summed E-state index contributed by atoms with van der Waals surface area (Å²) in [7, 11) is 2.00. The minimum absolute atomic E-state index is 0.442. The Morgan fingerprint density at radius 1 is 1.50 bits per heavy atom. The third kappa shape index (κ3) is 1.19. The monoisotopic (exact) mass is 157 g/mol. The van der Waals surface area contributed by atoms with Gasteiger partial charge >= 0.3 is 0 Å². The van der Waals surface area contributed by atoms with Crippen molar-refractivity contribution < 1.29 is 0 Å². The molecular formula is C8H12ClN. The molecule has 0 aromatic heterocycles. The molecule has 0 amide bonds. The Hall–Kier alpha value is -0.430. The van der Waals surface area contributed by atoms with Crippen LogP contribution >= 0.6 is 11.6 Å². The SMILES string of the molecule is CC1=CC=C(Cl)N(C)C1C. The minimum atomic E-state index is 0.442. The number of rotatable bonds is 0. The normalized spacial score (nSPS) is 26.0. The van der Waals surface area contributed by atoms with Gasteiger partial charge in [0.05, 0.1) is 0 Å². The predicted molar refractivity (Wildman–Crippen MR) is 44.9 cm³/mol. The zero-order valence-corrected chi connectivity index (χ0v) is 7.31. The van der Waals surface area contributed by atoms with E-state index in [0.29, 0.717) is 6.04 Å². The number of hydrogen-bond donors (Lipinski definition) is 0. The second-order valence-electron chi connectivity index (χ2n) is 2.69. The number of halogens is 1. The van der Waals surface area contributed by atoms with E-state index in [1.807, 2.05) is 13.1 Å². The van der Waals surface area contributed by atoms with Crippen molar-refractivity contribution in [2.75, 3.05) is 7.05 Å². The molecule has 1 heterocycles. The molecule has 10 heavy (non-hydrogen) atoms. The quantitative estimate of drug-likeness (QED) is 0.488. The van der Waals surface area contributed by atoms with Crippen LogP contribution in [0.5, 0.6) is 0 Å². The van der Waals surface area contributed by atoms with Crippen molar-refractivity contribution in [3.8, 4) is 0 Å². The van der Waals surface area contributed by atoms with Crippen LogP contribution in [0.25, 0.3) is 0 Å². The van der Waals surface area contributed by atoms with Crippen LogP contribution in [-0.4, -0.2) is 18.0 Å². The van der Waals surface area contributed by atoms with Gasteiger partial charge in [-0.25, -0.2) is 0 Å². The molecule has 0 saturated heterocycles. The molecular weight excluding hydrogens is 146 g/mol. The highest BCUT2D eigenvalue weighted by Gasteiger charge is 2.14. The molecule has 0 fully saturated rings. The largest absolute Gasteiger partial charge is 0.359 e. The van der Waals surface area contributed by atoms with E-state index in [1.165, 1.54) is 5.57 Å². The molecule has 0 bridgehead atoms. The summed E-state index contributed by atoms with van der Waals surface area (Å²) >= 11 is 5.87. The van der Waals surface area contributed by atoms with Gasteiger partial charge in [-0.1, -0.05) is 23.3 Å². The first kappa shape index (κ1) is 7.67. The van der Waals surface area contributed by atoms with E-state index in [0.717, 1.165) is 5.16 Å². The molecule has 1 rings (SSSR count). The van der Waals surface area contributed by atoms with E-state index < -0.39 is 0 Å². The molecule has 1 nitrogen and oxygen atoms in total. The lowest BCUT2D eigenvalue weighted by Gasteiger charge is -2.29. The average Bonchev–Trinajstić information content (AvgIpc) is 1.93. The molecule has 1 aliphatic heterocycles. The maximum atomic E-state index is 5.87. The zero-order chi connectivity index (χ0) is 7.72. The van der Waals surface area contributed by atoms with Crippen molar-refractivity contribution >= 4 is 11.6 Å². The predicted octanol–water partition coefficient (Wildman–Crippen LogP) is 2.35. The molecule has 0 radical (unpaired) electrons. The summed E-state index contributed by atoms with van der Waals surface area (Å²) in [5, 5.41) is 0.818. The van der Waals surface area contributed by atoms with E-state index in [-0.39, 0.29) is 0 Å². The van der Waals surface area contributed by atoms with Gasteiger partial charge in [0.25, 0.3) is 0 Å². The molecule has 0 saturated carbocycles. The minimum Gasteiger partial charge on any atom is -0.359 e. The summed E-state index contributed by atoms with van der Waals surface area (Å²) in [4.78, 5) is 2.05. The van der Waals surface area contributed by atoms with E-state index in [4.69, 9.17) is 11.6 Å². The van der Waals surface area contributed by atoms with Gasteiger partial charge in [-0.3, -0.25) is 0 Å². The Morgan fingerprint density at radius 2 is 2.10 bits per heavy atom. The van der Waals surface area contributed by atoms with Gasteiger partial charge in [-0.15, -0.1) is 0 Å². The summed E-state index contributed by atoms with van der Waals surface area (Å²) < 4.78 is 0. The van der Waals surface area contributed by atoms with E-state index in [1.54, 1.807) is 0 Å². The fraction of sp³-hybridized carbons (Fsp3) is 0.500. The van der Waals surface area contributed by atoms with Crippen molar-refractivity contribution in [3.63, 3.8) is 0 Å². The molecule has 0 N–H and O–H groups in total. The highest BCUT2D eigenvalue weighted by molar-refractivity contribution is 6.29. The van der Waals surface area contributed by atoms with Crippen LogP contribution in [-0.2, 0) is 0 Å². The first-order valence-electron chi connectivity index (χ1n) is 3.39. The average molecular weight is 158 g/mol. The first-order valence-corrected chi connectivity index (χ1v) is 3.77. The Balaban J connectivity index is 2.86. The topological polar surface area (TPSA) is 3.24 Å². The number of allylic oxidation sites excluding steroid dienone is 2. The van der Waals surface area contributed by atoms with Gasteiger partial charge in [-0.05, 0) is 19.9 Å². The zero-order valence-electron chi connectivity index (χ0n) is 6.56. The summed E-state index contributed by atoms with van der Waals surface area (Å²) in [6, 6.07) is 0.442. The van der Waals surface area contributed by atoms with Gasteiger partial charge in [0.1, 0.15) is 5.16 Å². The lowest BCUT2D eigenvalue weighted by Crippen LogP contribution is -2.29. The van der Waals surface area contributed by atoms with Crippen molar-refractivity contribution in [1.29, 1.82) is 0 Å². The van der Waals surface area contributed by atoms with Crippen LogP contribution in [0, 0.1) is 0 Å². The standard InChI is InChI=1S/C8H12ClN/c1-6-4-5-8(9)10(3)7(6)2/h4-5,7H,1-3H3. The third-order valence-electron chi connectivity index (χ3n) is 2.06. The lowest BCUT2D eigenvalue weighted by molar-refractivity contribution is 0.375. The molecule has 1 aliphatic rings. The second-order valence-corrected chi connectivity index (χ2v) is 3.07. The second kappa shape index (κ2) is 2.67. The molecule has 0 aromatic carbocycles. The molecule has 1 unspecified atom stereocenters. The van der Waals surface area contributed by atoms with Crippen LogP contribution in [0.2, 0.25) is 0 Å². The number of likely N-dealkylation sites (N-methyl/N-ethyl adjacent to an activating group) is 1. The number of hydrogen-bond acceptors (Lipinski definition) is 1. The van der Waals surface area contributed by atoms with Gasteiger partial charge in [0.2, 0.25) is 0 Å². The van der Waals surface area contributed by atoms with Crippen LogP contribution in [0.15, 0.2) is 22.9 Å². The molecule has 1 atom stereocenters. The van der Waals surface area contributed by atoms with Crippen molar-refractivity contribution in [2.45, 2.75) is 19.9 Å². The van der Waals surface area contributed by atoms with Crippen LogP contribution < -0.4 is 0 Å². The van der Waals surface area contributed by atoms with Gasteiger partial charge in [0.15, 0.2) is 0 Å². The fourth-order valence-electron chi connectivity index (χ4n) is 0.947. The van der Waals surface area contributed by atoms with Gasteiger partial charge in [0, 0.05) is 13.1 Å². The molecule has 0 spiro atoms. The molecule has 0 aliphatic carbocycles. The van der Waals surface area contributed by atoms with E-state index >= 15 is 0 Å². The first-order chi connectivity index (χ1) is 4.63. The fourth-order valence-corrected chi connectivity index (χ4v) is 1.16. The highest BCUT2D eigenvalue weighted by Crippen LogP contribution is 2.21. The molecule has 0 aromatic rings. The molecule has 2 heteroatoms. The maximum absolute atomic E-state index is 5.87. The Morgan fingerprint density at radius 3 is 2.60 bits per heavy atom. The molecule has 56 valence electrons. The van der Waals surface area contributed by atoms with Crippen LogP contribution in [0.1, 0.15) is 13.8 Å². The smallest absolute Gasteiger partial charge is 0.105 e. The van der Waals surface area contributed by atoms with Crippen LogP contribution in [0.3, 0.4) is 0 Å². The number of nitrogens with zero attached hydrogens (tertiary/aromatic N) is 1. The summed E-state index contributed by atoms with van der Waals surface area (Å²) in [5.41, 5.74) is 1.35. The van der Waals surface area contributed by atoms with Crippen molar-refractivity contribution in [1.82, 2.24) is 4.90 Å². The maximum Gasteiger partial charge on any atom is 0.105 e.